The monoisotopic (exact) mass is 205 g/mol. The molecule has 0 aromatic heterocycles. The molecular weight excluding hydrogens is 190 g/mol. The van der Waals surface area contributed by atoms with E-state index in [1.165, 1.54) is 0 Å². The van der Waals surface area contributed by atoms with E-state index in [9.17, 15) is 5.11 Å². The molecule has 3 heteroatoms. The summed E-state index contributed by atoms with van der Waals surface area (Å²) in [5.41, 5.74) is 0.792. The highest BCUT2D eigenvalue weighted by molar-refractivity contribution is 5.30. The molecule has 0 fully saturated rings. The predicted molar refractivity (Wildman–Crippen MR) is 57.4 cm³/mol. The van der Waals surface area contributed by atoms with E-state index in [1.54, 1.807) is 19.1 Å². The number of benzene rings is 1. The van der Waals surface area contributed by atoms with Crippen LogP contribution in [0.5, 0.6) is 5.75 Å². The second-order valence-electron chi connectivity index (χ2n) is 3.39. The maximum absolute atomic E-state index is 9.38. The van der Waals surface area contributed by atoms with Crippen LogP contribution in [-0.4, -0.2) is 11.2 Å². The van der Waals surface area contributed by atoms with Gasteiger partial charge < -0.3 is 9.84 Å². The van der Waals surface area contributed by atoms with E-state index in [0.717, 1.165) is 5.56 Å². The fourth-order valence-corrected chi connectivity index (χ4v) is 1.21. The van der Waals surface area contributed by atoms with Gasteiger partial charge in [0.05, 0.1) is 6.10 Å². The summed E-state index contributed by atoms with van der Waals surface area (Å²) in [6, 6.07) is 9.23. The van der Waals surface area contributed by atoms with Gasteiger partial charge in [-0.2, -0.15) is 5.26 Å². The Morgan fingerprint density at radius 2 is 2.27 bits per heavy atom. The zero-order valence-corrected chi connectivity index (χ0v) is 8.97. The Balaban J connectivity index is 2.78. The summed E-state index contributed by atoms with van der Waals surface area (Å²) in [5.74, 6) is 0.627. The molecule has 1 N–H and O–H groups in total. The maximum Gasteiger partial charge on any atom is 0.184 e. The largest absolute Gasteiger partial charge is 0.476 e. The van der Waals surface area contributed by atoms with Crippen LogP contribution in [0.3, 0.4) is 0 Å². The lowest BCUT2D eigenvalue weighted by molar-refractivity contribution is 0.197. The van der Waals surface area contributed by atoms with Gasteiger partial charge in [0, 0.05) is 0 Å². The van der Waals surface area contributed by atoms with Crippen molar-refractivity contribution in [2.45, 2.75) is 32.5 Å². The van der Waals surface area contributed by atoms with Crippen molar-refractivity contribution in [3.8, 4) is 11.8 Å². The van der Waals surface area contributed by atoms with E-state index >= 15 is 0 Å². The Bertz CT molecular complexity index is 355. The Labute approximate surface area is 89.9 Å². The van der Waals surface area contributed by atoms with E-state index in [2.05, 4.69) is 6.07 Å². The van der Waals surface area contributed by atoms with Gasteiger partial charge in [0.1, 0.15) is 11.8 Å². The van der Waals surface area contributed by atoms with Crippen LogP contribution >= 0.6 is 0 Å². The summed E-state index contributed by atoms with van der Waals surface area (Å²) in [5, 5.41) is 18.1. The Morgan fingerprint density at radius 1 is 1.53 bits per heavy atom. The first-order chi connectivity index (χ1) is 7.17. The molecule has 0 saturated carbocycles. The van der Waals surface area contributed by atoms with Gasteiger partial charge in [0.2, 0.25) is 0 Å². The number of ether oxygens (including phenoxy) is 1. The van der Waals surface area contributed by atoms with Gasteiger partial charge in [0.15, 0.2) is 6.10 Å². The standard InChI is InChI=1S/C12H15NO2/c1-3-11(8-13)15-12-6-4-5-10(7-12)9(2)14/h4-7,9,11,14H,3H2,1-2H3/t9-,11?/m1/s1. The van der Waals surface area contributed by atoms with Crippen LogP contribution in [-0.2, 0) is 0 Å². The van der Waals surface area contributed by atoms with E-state index < -0.39 is 12.2 Å². The van der Waals surface area contributed by atoms with Crippen LogP contribution in [0.15, 0.2) is 24.3 Å². The lowest BCUT2D eigenvalue weighted by Crippen LogP contribution is -2.12. The minimum atomic E-state index is -0.518. The zero-order chi connectivity index (χ0) is 11.3. The van der Waals surface area contributed by atoms with Crippen molar-refractivity contribution in [3.63, 3.8) is 0 Å². The van der Waals surface area contributed by atoms with Gasteiger partial charge in [-0.25, -0.2) is 0 Å². The predicted octanol–water partition coefficient (Wildman–Crippen LogP) is 2.42. The number of nitrogens with zero attached hydrogens (tertiary/aromatic N) is 1. The van der Waals surface area contributed by atoms with Gasteiger partial charge in [-0.1, -0.05) is 19.1 Å². The molecule has 0 heterocycles. The second-order valence-corrected chi connectivity index (χ2v) is 3.39. The smallest absolute Gasteiger partial charge is 0.184 e. The molecule has 0 radical (unpaired) electrons. The van der Waals surface area contributed by atoms with Crippen molar-refractivity contribution in [2.24, 2.45) is 0 Å². The number of aliphatic hydroxyl groups is 1. The Kier molecular flexibility index (Phi) is 4.14. The van der Waals surface area contributed by atoms with Crippen molar-refractivity contribution in [3.05, 3.63) is 29.8 Å². The summed E-state index contributed by atoms with van der Waals surface area (Å²) in [6.45, 7) is 3.59. The molecular formula is C12H15NO2. The normalized spacial score (nSPS) is 14.0. The summed E-state index contributed by atoms with van der Waals surface area (Å²) < 4.78 is 5.43. The third-order valence-electron chi connectivity index (χ3n) is 2.13. The number of hydrogen-bond acceptors (Lipinski definition) is 3. The minimum Gasteiger partial charge on any atom is -0.476 e. The quantitative estimate of drug-likeness (QED) is 0.821. The van der Waals surface area contributed by atoms with Gasteiger partial charge in [-0.15, -0.1) is 0 Å². The average molecular weight is 205 g/mol. The van der Waals surface area contributed by atoms with Crippen molar-refractivity contribution in [1.82, 2.24) is 0 Å². The van der Waals surface area contributed by atoms with Crippen LogP contribution in [0.2, 0.25) is 0 Å². The molecule has 80 valence electrons. The van der Waals surface area contributed by atoms with E-state index in [1.807, 2.05) is 19.1 Å². The third-order valence-corrected chi connectivity index (χ3v) is 2.13. The minimum absolute atomic E-state index is 0.422. The number of hydrogen-bond donors (Lipinski definition) is 1. The molecule has 0 spiro atoms. The van der Waals surface area contributed by atoms with Gasteiger partial charge in [-0.05, 0) is 31.0 Å². The van der Waals surface area contributed by atoms with Crippen molar-refractivity contribution in [2.75, 3.05) is 0 Å². The first kappa shape index (κ1) is 11.5. The first-order valence-electron chi connectivity index (χ1n) is 5.01. The first-order valence-corrected chi connectivity index (χ1v) is 5.01. The lowest BCUT2D eigenvalue weighted by Gasteiger charge is -2.12. The van der Waals surface area contributed by atoms with Crippen LogP contribution < -0.4 is 4.74 Å². The van der Waals surface area contributed by atoms with Crippen LogP contribution in [0.4, 0.5) is 0 Å². The van der Waals surface area contributed by atoms with Crippen LogP contribution in [0, 0.1) is 11.3 Å². The molecule has 3 nitrogen and oxygen atoms in total. The lowest BCUT2D eigenvalue weighted by atomic mass is 10.1. The molecule has 0 aliphatic heterocycles. The fraction of sp³-hybridized carbons (Fsp3) is 0.417. The number of rotatable bonds is 4. The molecule has 0 aliphatic rings. The SMILES string of the molecule is CCC(C#N)Oc1cccc([C@@H](C)O)c1. The molecule has 1 unspecified atom stereocenters. The molecule has 1 aromatic carbocycles. The van der Waals surface area contributed by atoms with Gasteiger partial charge in [-0.3, -0.25) is 0 Å². The molecule has 0 saturated heterocycles. The molecule has 0 aliphatic carbocycles. The van der Waals surface area contributed by atoms with E-state index in [4.69, 9.17) is 10.00 Å². The highest BCUT2D eigenvalue weighted by Gasteiger charge is 2.07. The summed E-state index contributed by atoms with van der Waals surface area (Å²) in [4.78, 5) is 0. The van der Waals surface area contributed by atoms with Crippen molar-refractivity contribution in [1.29, 1.82) is 5.26 Å². The average Bonchev–Trinajstić information content (AvgIpc) is 2.26. The molecule has 15 heavy (non-hydrogen) atoms. The Morgan fingerprint density at radius 3 is 2.80 bits per heavy atom. The number of nitriles is 1. The van der Waals surface area contributed by atoms with Crippen molar-refractivity contribution < 1.29 is 9.84 Å². The topological polar surface area (TPSA) is 53.2 Å². The zero-order valence-electron chi connectivity index (χ0n) is 8.97. The maximum atomic E-state index is 9.38. The molecule has 0 bridgehead atoms. The van der Waals surface area contributed by atoms with E-state index in [-0.39, 0.29) is 0 Å². The summed E-state index contributed by atoms with van der Waals surface area (Å²) in [7, 11) is 0. The second kappa shape index (κ2) is 5.38. The van der Waals surface area contributed by atoms with Crippen molar-refractivity contribution >= 4 is 0 Å². The van der Waals surface area contributed by atoms with Gasteiger partial charge >= 0.3 is 0 Å². The molecule has 2 atom stereocenters. The van der Waals surface area contributed by atoms with Gasteiger partial charge in [0.25, 0.3) is 0 Å². The molecule has 1 rings (SSSR count). The van der Waals surface area contributed by atoms with Crippen LogP contribution in [0.1, 0.15) is 31.9 Å². The Hall–Kier alpha value is -1.53. The fourth-order valence-electron chi connectivity index (χ4n) is 1.21. The molecule has 0 amide bonds. The summed E-state index contributed by atoms with van der Waals surface area (Å²) in [6.07, 6.45) is -0.292. The third kappa shape index (κ3) is 3.26. The van der Waals surface area contributed by atoms with Crippen LogP contribution in [0.25, 0.3) is 0 Å². The number of aliphatic hydroxyl groups excluding tert-OH is 1. The van der Waals surface area contributed by atoms with E-state index in [0.29, 0.717) is 12.2 Å². The molecule has 1 aromatic rings. The highest BCUT2D eigenvalue weighted by Crippen LogP contribution is 2.20. The highest BCUT2D eigenvalue weighted by atomic mass is 16.5. The summed E-state index contributed by atoms with van der Waals surface area (Å²) >= 11 is 0.